The molecule has 0 rings (SSSR count). The Kier molecular flexibility index (Phi) is 125. The van der Waals surface area contributed by atoms with E-state index < -0.39 is 0 Å². The Bertz CT molecular complexity index is 1430. The topological polar surface area (TPSA) is 40.5 Å². The molecular formula is C116H260O2. The van der Waals surface area contributed by atoms with Gasteiger partial charge in [0.1, 0.15) is 0 Å². The predicted octanol–water partition coefficient (Wildman–Crippen LogP) is 41.7. The minimum atomic E-state index is -0.157. The molecule has 0 spiro atoms. The van der Waals surface area contributed by atoms with E-state index in [1.165, 1.54) is 109 Å². The number of rotatable bonds is 40. The van der Waals surface area contributed by atoms with Gasteiger partial charge in [0, 0.05) is 0 Å². The molecule has 0 aromatic heterocycles. The highest BCUT2D eigenvalue weighted by Gasteiger charge is 2.20. The Hall–Kier alpha value is -0.0800. The number of hydrogen-bond donors (Lipinski definition) is 2. The zero-order chi connectivity index (χ0) is 97.5. The third-order valence-corrected chi connectivity index (χ3v) is 28.6. The zero-order valence-corrected chi connectivity index (χ0v) is 96.4. The number of aliphatic hydroxyl groups excluding tert-OH is 2. The second kappa shape index (κ2) is 99.1. The Labute approximate surface area is 763 Å². The van der Waals surface area contributed by atoms with Crippen LogP contribution in [-0.4, -0.2) is 22.4 Å². The normalized spacial score (nSPS) is 13.5. The van der Waals surface area contributed by atoms with Crippen LogP contribution in [0.2, 0.25) is 0 Å². The molecule has 0 bridgehead atoms. The van der Waals surface area contributed by atoms with Gasteiger partial charge in [0.2, 0.25) is 0 Å². The number of hydrogen-bond acceptors (Lipinski definition) is 2. The van der Waals surface area contributed by atoms with Crippen molar-refractivity contribution in [1.29, 1.82) is 0 Å². The smallest absolute Gasteiger partial charge is 0.0542 e. The van der Waals surface area contributed by atoms with Crippen LogP contribution in [0.5, 0.6) is 0 Å². The Balaban J connectivity index is -0.0000000823. The van der Waals surface area contributed by atoms with E-state index in [0.717, 1.165) is 184 Å². The molecule has 0 amide bonds. The fourth-order valence-corrected chi connectivity index (χ4v) is 16.2. The van der Waals surface area contributed by atoms with Crippen LogP contribution in [0.1, 0.15) is 545 Å². The molecule has 0 heterocycles. The first-order valence-corrected chi connectivity index (χ1v) is 53.2. The van der Waals surface area contributed by atoms with Gasteiger partial charge < -0.3 is 10.2 Å². The summed E-state index contributed by atoms with van der Waals surface area (Å²) in [5.41, 5.74) is 0. The molecule has 736 valence electrons. The molecule has 0 aromatic rings. The fraction of sp³-hybridized carbons (Fsp3) is 1.00. The molecule has 0 saturated carbocycles. The molecule has 2 N–H and O–H groups in total. The van der Waals surface area contributed by atoms with Gasteiger partial charge in [0.25, 0.3) is 0 Å². The van der Waals surface area contributed by atoms with E-state index in [4.69, 9.17) is 5.11 Å². The highest BCUT2D eigenvalue weighted by atomic mass is 16.3. The molecule has 8 atom stereocenters. The van der Waals surface area contributed by atoms with Gasteiger partial charge in [-0.15, -0.1) is 0 Å². The van der Waals surface area contributed by atoms with Crippen molar-refractivity contribution in [3.63, 3.8) is 0 Å². The molecule has 0 aliphatic carbocycles. The molecule has 2 nitrogen and oxygen atoms in total. The van der Waals surface area contributed by atoms with Gasteiger partial charge in [-0.25, -0.2) is 0 Å². The van der Waals surface area contributed by atoms with Crippen molar-refractivity contribution in [2.24, 2.45) is 201 Å². The second-order valence-electron chi connectivity index (χ2n) is 44.7. The molecular weight excluding hydrogens is 1430 g/mol. The number of aliphatic hydroxyl groups is 2. The van der Waals surface area contributed by atoms with E-state index in [1.807, 2.05) is 13.8 Å². The van der Waals surface area contributed by atoms with E-state index in [-0.39, 0.29) is 12.2 Å². The van der Waals surface area contributed by atoms with Crippen LogP contribution in [0.25, 0.3) is 0 Å². The summed E-state index contributed by atoms with van der Waals surface area (Å²) in [6.45, 7) is 140. The van der Waals surface area contributed by atoms with Crippen molar-refractivity contribution in [1.82, 2.24) is 0 Å². The van der Waals surface area contributed by atoms with Gasteiger partial charge in [-0.05, 0) is 215 Å². The maximum Gasteiger partial charge on any atom is 0.0542 e. The average Bonchev–Trinajstić information content (AvgIpc) is 0.935. The quantitative estimate of drug-likeness (QED) is 0.0642. The van der Waals surface area contributed by atoms with Crippen LogP contribution in [0.15, 0.2) is 0 Å². The van der Waals surface area contributed by atoms with Gasteiger partial charge in [0.15, 0.2) is 0 Å². The maximum absolute atomic E-state index is 9.18. The van der Waals surface area contributed by atoms with E-state index in [9.17, 15) is 5.11 Å². The lowest BCUT2D eigenvalue weighted by Gasteiger charge is -2.22. The van der Waals surface area contributed by atoms with E-state index >= 15 is 0 Å². The van der Waals surface area contributed by atoms with Crippen molar-refractivity contribution < 1.29 is 10.2 Å². The van der Waals surface area contributed by atoms with Crippen molar-refractivity contribution in [3.8, 4) is 0 Å². The second-order valence-corrected chi connectivity index (χ2v) is 44.7. The van der Waals surface area contributed by atoms with Crippen LogP contribution in [0, 0.1) is 201 Å². The zero-order valence-electron chi connectivity index (χ0n) is 96.4. The fourth-order valence-electron chi connectivity index (χ4n) is 16.2. The maximum atomic E-state index is 9.18. The summed E-state index contributed by atoms with van der Waals surface area (Å²) >= 11 is 0. The van der Waals surface area contributed by atoms with Crippen LogP contribution in [-0.2, 0) is 0 Å². The Morgan fingerprint density at radius 1 is 0.136 bits per heavy atom. The molecule has 0 unspecified atom stereocenters. The lowest BCUT2D eigenvalue weighted by atomic mass is 9.84. The van der Waals surface area contributed by atoms with Crippen molar-refractivity contribution in [2.75, 3.05) is 0 Å². The average molecular weight is 1690 g/mol. The third-order valence-electron chi connectivity index (χ3n) is 28.6. The molecule has 0 saturated heterocycles. The monoisotopic (exact) mass is 1690 g/mol. The molecule has 2 heteroatoms. The van der Waals surface area contributed by atoms with Crippen LogP contribution in [0.3, 0.4) is 0 Å². The first kappa shape index (κ1) is 149. The summed E-state index contributed by atoms with van der Waals surface area (Å²) in [6.07, 6.45) is 23.8. The van der Waals surface area contributed by atoms with E-state index in [2.05, 4.69) is 415 Å². The molecule has 0 aliphatic heterocycles. The van der Waals surface area contributed by atoms with Gasteiger partial charge in [-0.1, -0.05) is 531 Å². The molecule has 0 aliphatic rings. The van der Waals surface area contributed by atoms with Crippen molar-refractivity contribution >= 4 is 0 Å². The minimum absolute atomic E-state index is 0.144. The molecule has 0 radical (unpaired) electrons. The predicted molar refractivity (Wildman–Crippen MR) is 566 cm³/mol. The Morgan fingerprint density at radius 3 is 0.305 bits per heavy atom. The first-order chi connectivity index (χ1) is 53.8. The SMILES string of the molecule is CC(C)C(C)C(C)C.CC(C)C(C)C(C)C.CC(C)C(C)C(C)C.CC(C)[C@H](C)[C@H](C)O.CCC(C(C)C)C(C)C.CCC(C(C)C)C(C)C.CCC(C(C)C)C(C)C.CCC(CC)C(C)C.CCC(CC)C(C)C.CCC[C@@H](C)C(C)C.CCC[C@@H](CC)C(C)C.CCC[C@H](C)C(C)C.CCC[C@H](CC)C(C)C.CC[C@H](C(C)C)[C@@H](C)O. The lowest BCUT2D eigenvalue weighted by molar-refractivity contribution is 0.0952. The third kappa shape index (κ3) is 106. The summed E-state index contributed by atoms with van der Waals surface area (Å²) < 4.78 is 0. The summed E-state index contributed by atoms with van der Waals surface area (Å²) in [5, 5.41) is 18.2. The highest BCUT2D eigenvalue weighted by Crippen LogP contribution is 2.28. The van der Waals surface area contributed by atoms with Crippen LogP contribution < -0.4 is 0 Å². The molecule has 0 fully saturated rings. The van der Waals surface area contributed by atoms with E-state index in [1.54, 1.807) is 0 Å². The lowest BCUT2D eigenvalue weighted by Crippen LogP contribution is -2.20. The molecule has 0 aromatic carbocycles. The van der Waals surface area contributed by atoms with Crippen LogP contribution in [0.4, 0.5) is 0 Å². The summed E-state index contributed by atoms with van der Waals surface area (Å²) in [7, 11) is 0. The Morgan fingerprint density at radius 2 is 0.288 bits per heavy atom. The van der Waals surface area contributed by atoms with Gasteiger partial charge in [-0.2, -0.15) is 0 Å². The highest BCUT2D eigenvalue weighted by molar-refractivity contribution is 4.70. The standard InChI is InChI=1S/5C9H20.C8H18O.7C8H18.C7H16O/c3*1-6-9(7(2)3)8(4)5;2*1-5-7-9(6-2)8(3)4;1-5-8(6(2)3)7(4)9;3*1-6(2)8(5)7(3)4;2*1-5-6-8(4)7(2)3;2*1-5-8(6-2)7(3)4;1-5(2)6(3)7(4)8/h3*7-9H,6H2,1-5H3;2*8-9H,5-7H2,1-4H3;6-9H,5H2,1-4H3;3*6-8H,1-5H3;4*7-8H,5-6H2,1-4H3;5-8H,1-4H3/t;;;2*9-;7-,8-;;;;2*8-;;;6-,7-/m...101...10..0/s1. The molecule has 118 heavy (non-hydrogen) atoms. The summed E-state index contributed by atoms with van der Waals surface area (Å²) in [5.74, 6) is 28.6. The van der Waals surface area contributed by atoms with Crippen LogP contribution >= 0.6 is 0 Å². The van der Waals surface area contributed by atoms with E-state index in [0.29, 0.717) is 23.7 Å². The summed E-state index contributed by atoms with van der Waals surface area (Å²) in [6, 6.07) is 0. The largest absolute Gasteiger partial charge is 0.393 e. The van der Waals surface area contributed by atoms with Gasteiger partial charge >= 0.3 is 0 Å². The van der Waals surface area contributed by atoms with Crippen molar-refractivity contribution in [3.05, 3.63) is 0 Å². The van der Waals surface area contributed by atoms with Crippen molar-refractivity contribution in [2.45, 2.75) is 557 Å². The van der Waals surface area contributed by atoms with Gasteiger partial charge in [0.05, 0.1) is 12.2 Å². The van der Waals surface area contributed by atoms with Gasteiger partial charge in [-0.3, -0.25) is 0 Å². The minimum Gasteiger partial charge on any atom is -0.393 e. The first-order valence-electron chi connectivity index (χ1n) is 53.2. The summed E-state index contributed by atoms with van der Waals surface area (Å²) in [4.78, 5) is 0.